The van der Waals surface area contributed by atoms with E-state index in [1.807, 2.05) is 75.8 Å². The van der Waals surface area contributed by atoms with Gasteiger partial charge >= 0.3 is 19.8 Å². The Morgan fingerprint density at radius 3 is 1.93 bits per heavy atom. The second-order valence-electron chi connectivity index (χ2n) is 11.6. The van der Waals surface area contributed by atoms with Gasteiger partial charge in [0.15, 0.2) is 6.10 Å². The third-order valence-electron chi connectivity index (χ3n) is 6.05. The van der Waals surface area contributed by atoms with Gasteiger partial charge < -0.3 is 18.9 Å². The number of hydrogen-bond acceptors (Lipinski definition) is 7. The molecular weight excluding hydrogens is 605 g/mol. The Morgan fingerprint density at radius 2 is 1.28 bits per heavy atom. The highest BCUT2D eigenvalue weighted by atomic mass is 31.2. The summed E-state index contributed by atoms with van der Waals surface area (Å²) in [5.74, 6) is -0.945. The summed E-state index contributed by atoms with van der Waals surface area (Å²) in [7, 11) is 1.39. The van der Waals surface area contributed by atoms with E-state index >= 15 is 0 Å². The minimum absolute atomic E-state index is 0.00797. The Hall–Kier alpha value is -2.81. The van der Waals surface area contributed by atoms with Crippen LogP contribution < -0.4 is 0 Å². The van der Waals surface area contributed by atoms with Crippen LogP contribution in [0.2, 0.25) is 0 Å². The molecule has 2 atom stereocenters. The highest BCUT2D eigenvalue weighted by Crippen LogP contribution is 2.43. The Balaban J connectivity index is 4.74. The zero-order valence-corrected chi connectivity index (χ0v) is 29.7. The van der Waals surface area contributed by atoms with Crippen molar-refractivity contribution in [1.29, 1.82) is 0 Å². The highest BCUT2D eigenvalue weighted by molar-refractivity contribution is 7.47. The summed E-state index contributed by atoms with van der Waals surface area (Å²) in [6.45, 7) is 3.95. The van der Waals surface area contributed by atoms with Crippen molar-refractivity contribution in [2.45, 2.75) is 84.2 Å². The van der Waals surface area contributed by atoms with Crippen LogP contribution in [-0.4, -0.2) is 74.9 Å². The minimum Gasteiger partial charge on any atom is -0.462 e. The molecule has 0 aliphatic heterocycles. The first-order chi connectivity index (χ1) is 22.0. The molecule has 10 heteroatoms. The lowest BCUT2D eigenvalue weighted by Crippen LogP contribution is -2.37. The Kier molecular flexibility index (Phi) is 26.7. The minimum atomic E-state index is -4.39. The summed E-state index contributed by atoms with van der Waals surface area (Å²) in [6.07, 6.45) is 33.9. The normalized spacial score (nSPS) is 15.0. The average molecular weight is 665 g/mol. The molecule has 0 saturated carbocycles. The third kappa shape index (κ3) is 31.2. The molecule has 0 aromatic carbocycles. The van der Waals surface area contributed by atoms with Crippen molar-refractivity contribution in [2.24, 2.45) is 0 Å². The van der Waals surface area contributed by atoms with Crippen LogP contribution in [0.5, 0.6) is 0 Å². The van der Waals surface area contributed by atoms with Crippen molar-refractivity contribution in [2.75, 3.05) is 47.5 Å². The number of phosphoric acid groups is 1. The number of ether oxygens (including phenoxy) is 2. The lowest BCUT2D eigenvalue weighted by Gasteiger charge is -2.24. The molecule has 9 nitrogen and oxygen atoms in total. The molecule has 0 saturated heterocycles. The molecule has 0 aliphatic rings. The van der Waals surface area contributed by atoms with Crippen molar-refractivity contribution < 1.29 is 42.1 Å². The van der Waals surface area contributed by atoms with Crippen LogP contribution >= 0.6 is 7.82 Å². The Morgan fingerprint density at radius 1 is 0.696 bits per heavy atom. The van der Waals surface area contributed by atoms with E-state index in [1.165, 1.54) is 0 Å². The molecule has 1 N–H and O–H groups in total. The second-order valence-corrected chi connectivity index (χ2v) is 13.0. The molecule has 0 aromatic rings. The van der Waals surface area contributed by atoms with E-state index in [-0.39, 0.29) is 26.1 Å². The van der Waals surface area contributed by atoms with Gasteiger partial charge in [-0.2, -0.15) is 0 Å². The number of hydrogen-bond donors (Lipinski definition) is 1. The smallest absolute Gasteiger partial charge is 0.462 e. The summed E-state index contributed by atoms with van der Waals surface area (Å²) in [5.41, 5.74) is 0. The molecule has 0 aromatic heterocycles. The molecule has 260 valence electrons. The SMILES string of the molecule is CC/C=C/C=C/C=C/C=C/C=C/CCCC(=O)OC(COC(=O)CCCC/C=C/C/C=C/CC)COP(=O)(O)OCC[N+](C)(C)C. The molecule has 2 unspecified atom stereocenters. The van der Waals surface area contributed by atoms with E-state index in [4.69, 9.17) is 18.5 Å². The van der Waals surface area contributed by atoms with Crippen molar-refractivity contribution in [1.82, 2.24) is 0 Å². The van der Waals surface area contributed by atoms with E-state index in [0.717, 1.165) is 32.1 Å². The number of allylic oxidation sites excluding steroid dienone is 14. The predicted octanol–water partition coefficient (Wildman–Crippen LogP) is 8.12. The summed E-state index contributed by atoms with van der Waals surface area (Å²) >= 11 is 0. The molecule has 0 bridgehead atoms. The van der Waals surface area contributed by atoms with Crippen LogP contribution in [0.1, 0.15) is 78.1 Å². The molecule has 0 heterocycles. The standard InChI is InChI=1S/C36H58NO8P/c1-6-8-10-12-14-16-17-18-19-21-23-25-27-29-36(39)45-34(33-44-46(40,41)43-31-30-37(3,4)5)32-42-35(38)28-26-24-22-20-15-13-11-9-7-2/h8-12,14-21,23,34H,6-7,13,22,24-33H2,1-5H3/p+1/b10-8+,11-9+,14-12+,17-16+,19-18+,20-15+,23-21+. The van der Waals surface area contributed by atoms with Crippen LogP contribution in [0.4, 0.5) is 0 Å². The molecule has 0 rings (SSSR count). The van der Waals surface area contributed by atoms with Crippen LogP contribution in [0.25, 0.3) is 0 Å². The Labute approximate surface area is 278 Å². The molecule has 0 fully saturated rings. The monoisotopic (exact) mass is 664 g/mol. The fourth-order valence-electron chi connectivity index (χ4n) is 3.49. The predicted molar refractivity (Wildman–Crippen MR) is 187 cm³/mol. The third-order valence-corrected chi connectivity index (χ3v) is 7.03. The van der Waals surface area contributed by atoms with Gasteiger partial charge in [-0.3, -0.25) is 18.6 Å². The first-order valence-electron chi connectivity index (χ1n) is 16.4. The lowest BCUT2D eigenvalue weighted by molar-refractivity contribution is -0.870. The molecular formula is C36H59NO8P+. The van der Waals surface area contributed by atoms with Gasteiger partial charge in [0.05, 0.1) is 27.7 Å². The summed E-state index contributed by atoms with van der Waals surface area (Å²) < 4.78 is 33.8. The number of carbonyl (C=O) groups excluding carboxylic acids is 2. The molecule has 0 radical (unpaired) electrons. The molecule has 0 amide bonds. The number of likely N-dealkylation sites (N-methyl/N-ethyl adjacent to an activating group) is 1. The number of unbranched alkanes of at least 4 members (excludes halogenated alkanes) is 3. The first-order valence-corrected chi connectivity index (χ1v) is 17.9. The van der Waals surface area contributed by atoms with E-state index in [1.54, 1.807) is 0 Å². The highest BCUT2D eigenvalue weighted by Gasteiger charge is 2.27. The summed E-state index contributed by atoms with van der Waals surface area (Å²) in [5, 5.41) is 0. The van der Waals surface area contributed by atoms with Crippen molar-refractivity contribution in [3.63, 3.8) is 0 Å². The van der Waals surface area contributed by atoms with Gasteiger partial charge in [0.2, 0.25) is 0 Å². The van der Waals surface area contributed by atoms with Crippen molar-refractivity contribution in [3.05, 3.63) is 85.1 Å². The van der Waals surface area contributed by atoms with E-state index in [9.17, 15) is 19.0 Å². The van der Waals surface area contributed by atoms with E-state index < -0.39 is 32.5 Å². The van der Waals surface area contributed by atoms with Crippen LogP contribution in [-0.2, 0) is 32.7 Å². The average Bonchev–Trinajstić information content (AvgIpc) is 2.99. The zero-order valence-electron chi connectivity index (χ0n) is 28.8. The number of quaternary nitrogens is 1. The van der Waals surface area contributed by atoms with E-state index in [0.29, 0.717) is 30.3 Å². The zero-order chi connectivity index (χ0) is 34.4. The number of nitrogens with zero attached hydrogens (tertiary/aromatic N) is 1. The van der Waals surface area contributed by atoms with Crippen LogP contribution in [0.15, 0.2) is 85.1 Å². The maximum Gasteiger partial charge on any atom is 0.472 e. The summed E-state index contributed by atoms with van der Waals surface area (Å²) in [4.78, 5) is 34.9. The fourth-order valence-corrected chi connectivity index (χ4v) is 4.23. The van der Waals surface area contributed by atoms with Gasteiger partial charge in [-0.05, 0) is 51.4 Å². The number of rotatable bonds is 27. The maximum absolute atomic E-state index is 12.5. The number of carbonyl (C=O) groups is 2. The quantitative estimate of drug-likeness (QED) is 0.0234. The topological polar surface area (TPSA) is 108 Å². The van der Waals surface area contributed by atoms with Crippen molar-refractivity contribution in [3.8, 4) is 0 Å². The molecule has 0 spiro atoms. The molecule has 46 heavy (non-hydrogen) atoms. The van der Waals surface area contributed by atoms with Gasteiger partial charge in [-0.1, -0.05) is 98.9 Å². The van der Waals surface area contributed by atoms with Gasteiger partial charge in [0.1, 0.15) is 19.8 Å². The second kappa shape index (κ2) is 28.4. The largest absolute Gasteiger partial charge is 0.472 e. The van der Waals surface area contributed by atoms with Gasteiger partial charge in [0.25, 0.3) is 0 Å². The summed E-state index contributed by atoms with van der Waals surface area (Å²) in [6, 6.07) is 0. The maximum atomic E-state index is 12.5. The van der Waals surface area contributed by atoms with E-state index in [2.05, 4.69) is 44.2 Å². The first kappa shape index (κ1) is 43.2. The number of esters is 2. The molecule has 0 aliphatic carbocycles. The Bertz CT molecular complexity index is 1070. The lowest BCUT2D eigenvalue weighted by atomic mass is 10.2. The fraction of sp³-hybridized carbons (Fsp3) is 0.556. The van der Waals surface area contributed by atoms with Crippen LogP contribution in [0, 0.1) is 0 Å². The number of phosphoric ester groups is 1. The van der Waals surface area contributed by atoms with Gasteiger partial charge in [-0.15, -0.1) is 0 Å². The van der Waals surface area contributed by atoms with Gasteiger partial charge in [-0.25, -0.2) is 4.57 Å². The van der Waals surface area contributed by atoms with Gasteiger partial charge in [0, 0.05) is 12.8 Å². The van der Waals surface area contributed by atoms with Crippen LogP contribution in [0.3, 0.4) is 0 Å². The van der Waals surface area contributed by atoms with Crippen molar-refractivity contribution >= 4 is 19.8 Å².